The lowest BCUT2D eigenvalue weighted by Crippen LogP contribution is -2.67. The molecule has 0 spiro atoms. The number of aryl methyl sites for hydroxylation is 2. The van der Waals surface area contributed by atoms with Crippen LogP contribution in [-0.2, 0) is 16.0 Å². The van der Waals surface area contributed by atoms with Crippen LogP contribution in [0.25, 0.3) is 0 Å². The van der Waals surface area contributed by atoms with Crippen molar-refractivity contribution in [1.82, 2.24) is 15.1 Å². The van der Waals surface area contributed by atoms with E-state index in [2.05, 4.69) is 28.9 Å². The van der Waals surface area contributed by atoms with Crippen LogP contribution in [0, 0.1) is 25.7 Å². The number of piperidine rings is 1. The van der Waals surface area contributed by atoms with Crippen LogP contribution in [-0.4, -0.2) is 64.8 Å². The molecule has 6 nitrogen and oxygen atoms in total. The van der Waals surface area contributed by atoms with Gasteiger partial charge in [0.05, 0.1) is 24.5 Å². The number of aromatic nitrogens is 2. The number of nitrogens with one attached hydrogen (secondary N) is 1. The fourth-order valence-electron chi connectivity index (χ4n) is 4.76. The second-order valence-corrected chi connectivity index (χ2v) is 7.39. The fourth-order valence-corrected chi connectivity index (χ4v) is 4.76. The van der Waals surface area contributed by atoms with Crippen molar-refractivity contribution < 1.29 is 14.6 Å². The van der Waals surface area contributed by atoms with Gasteiger partial charge in [0.1, 0.15) is 0 Å². The van der Waals surface area contributed by atoms with Crippen molar-refractivity contribution in [3.63, 3.8) is 0 Å². The molecular formula is C17H27N3O3. The van der Waals surface area contributed by atoms with Crippen LogP contribution < -0.4 is 0 Å². The Morgan fingerprint density at radius 2 is 2.13 bits per heavy atom. The third kappa shape index (κ3) is 2.52. The SMILES string of the molecule is Cc1n[nH]c(C)c1CN1C[C@@H]2COCC[C@]2(O)[C@H]2COCC[C@H]21. The number of hydrogen-bond acceptors (Lipinski definition) is 5. The summed E-state index contributed by atoms with van der Waals surface area (Å²) in [5, 5.41) is 18.8. The highest BCUT2D eigenvalue weighted by molar-refractivity contribution is 5.23. The molecule has 6 heteroatoms. The Kier molecular flexibility index (Phi) is 3.96. The van der Waals surface area contributed by atoms with Crippen LogP contribution in [0.15, 0.2) is 0 Å². The maximum absolute atomic E-state index is 11.3. The van der Waals surface area contributed by atoms with Gasteiger partial charge in [-0.1, -0.05) is 0 Å². The molecule has 4 atom stereocenters. The van der Waals surface area contributed by atoms with Gasteiger partial charge in [0.15, 0.2) is 0 Å². The summed E-state index contributed by atoms with van der Waals surface area (Å²) in [4.78, 5) is 2.53. The molecule has 3 aliphatic rings. The van der Waals surface area contributed by atoms with E-state index in [1.54, 1.807) is 0 Å². The number of rotatable bonds is 2. The Morgan fingerprint density at radius 1 is 1.30 bits per heavy atom. The van der Waals surface area contributed by atoms with Crippen molar-refractivity contribution >= 4 is 0 Å². The van der Waals surface area contributed by atoms with Crippen LogP contribution >= 0.6 is 0 Å². The van der Waals surface area contributed by atoms with Gasteiger partial charge in [0.2, 0.25) is 0 Å². The number of aromatic amines is 1. The maximum Gasteiger partial charge on any atom is 0.0796 e. The minimum Gasteiger partial charge on any atom is -0.389 e. The van der Waals surface area contributed by atoms with Gasteiger partial charge >= 0.3 is 0 Å². The molecule has 23 heavy (non-hydrogen) atoms. The fraction of sp³-hybridized carbons (Fsp3) is 0.824. The molecule has 0 aromatic carbocycles. The van der Waals surface area contributed by atoms with Crippen LogP contribution in [0.3, 0.4) is 0 Å². The predicted octanol–water partition coefficient (Wildman–Crippen LogP) is 1.01. The molecule has 0 amide bonds. The van der Waals surface area contributed by atoms with E-state index in [0.717, 1.165) is 43.9 Å². The Balaban J connectivity index is 1.62. The van der Waals surface area contributed by atoms with Crippen LogP contribution in [0.1, 0.15) is 29.8 Å². The minimum atomic E-state index is -0.625. The molecule has 4 rings (SSSR count). The van der Waals surface area contributed by atoms with Crippen LogP contribution in [0.4, 0.5) is 0 Å². The Labute approximate surface area is 137 Å². The summed E-state index contributed by atoms with van der Waals surface area (Å²) in [5.74, 6) is 0.359. The zero-order valence-electron chi connectivity index (χ0n) is 14.0. The topological polar surface area (TPSA) is 70.6 Å². The molecule has 0 radical (unpaired) electrons. The van der Waals surface area contributed by atoms with Crippen molar-refractivity contribution in [3.05, 3.63) is 17.0 Å². The van der Waals surface area contributed by atoms with Crippen molar-refractivity contribution in [2.45, 2.75) is 44.9 Å². The lowest BCUT2D eigenvalue weighted by Gasteiger charge is -2.57. The molecule has 0 bridgehead atoms. The maximum atomic E-state index is 11.3. The first-order valence-corrected chi connectivity index (χ1v) is 8.72. The monoisotopic (exact) mass is 321 g/mol. The molecule has 128 valence electrons. The van der Waals surface area contributed by atoms with E-state index in [9.17, 15) is 5.11 Å². The van der Waals surface area contributed by atoms with E-state index in [4.69, 9.17) is 9.47 Å². The van der Waals surface area contributed by atoms with Gasteiger partial charge in [-0.25, -0.2) is 0 Å². The molecule has 4 heterocycles. The highest BCUT2D eigenvalue weighted by atomic mass is 16.5. The second kappa shape index (κ2) is 5.84. The highest BCUT2D eigenvalue weighted by Crippen LogP contribution is 2.44. The summed E-state index contributed by atoms with van der Waals surface area (Å²) < 4.78 is 11.4. The zero-order valence-corrected chi connectivity index (χ0v) is 14.0. The van der Waals surface area contributed by atoms with Crippen molar-refractivity contribution in [3.8, 4) is 0 Å². The van der Waals surface area contributed by atoms with E-state index < -0.39 is 5.60 Å². The highest BCUT2D eigenvalue weighted by Gasteiger charge is 2.55. The average Bonchev–Trinajstić information content (AvgIpc) is 2.88. The van der Waals surface area contributed by atoms with E-state index >= 15 is 0 Å². The van der Waals surface area contributed by atoms with E-state index in [1.807, 2.05) is 0 Å². The summed E-state index contributed by atoms with van der Waals surface area (Å²) >= 11 is 0. The summed E-state index contributed by atoms with van der Waals surface area (Å²) in [6.07, 6.45) is 1.73. The second-order valence-electron chi connectivity index (χ2n) is 7.39. The lowest BCUT2D eigenvalue weighted by molar-refractivity contribution is -0.221. The van der Waals surface area contributed by atoms with Crippen molar-refractivity contribution in [1.29, 1.82) is 0 Å². The standard InChI is InChI=1S/C17H27N3O3/c1-11-14(12(2)19-18-11)8-20-7-13-9-23-6-4-17(13,21)15-10-22-5-3-16(15)20/h13,15-16,21H,3-10H2,1-2H3,(H,18,19)/t13-,15+,16-,17-/m1/s1. The number of hydrogen-bond donors (Lipinski definition) is 2. The first kappa shape index (κ1) is 15.6. The first-order valence-electron chi connectivity index (χ1n) is 8.72. The van der Waals surface area contributed by atoms with Gasteiger partial charge in [-0.15, -0.1) is 0 Å². The van der Waals surface area contributed by atoms with Gasteiger partial charge < -0.3 is 14.6 Å². The Bertz CT molecular complexity index is 556. The van der Waals surface area contributed by atoms with Gasteiger partial charge in [-0.2, -0.15) is 5.10 Å². The molecule has 1 aromatic rings. The molecular weight excluding hydrogens is 294 g/mol. The van der Waals surface area contributed by atoms with E-state index in [1.165, 1.54) is 5.56 Å². The normalized spacial score (nSPS) is 38.1. The lowest BCUT2D eigenvalue weighted by atomic mass is 9.66. The number of aliphatic hydroxyl groups is 1. The summed E-state index contributed by atoms with van der Waals surface area (Å²) in [6.45, 7) is 8.69. The van der Waals surface area contributed by atoms with Crippen molar-refractivity contribution in [2.24, 2.45) is 11.8 Å². The Hall–Kier alpha value is -0.950. The minimum absolute atomic E-state index is 0.173. The van der Waals surface area contributed by atoms with Crippen LogP contribution in [0.2, 0.25) is 0 Å². The number of nitrogens with zero attached hydrogens (tertiary/aromatic N) is 2. The molecule has 1 aromatic heterocycles. The third-order valence-electron chi connectivity index (χ3n) is 6.20. The number of H-pyrrole nitrogens is 1. The van der Waals surface area contributed by atoms with E-state index in [-0.39, 0.29) is 11.8 Å². The summed E-state index contributed by atoms with van der Waals surface area (Å²) in [6, 6.07) is 0.386. The van der Waals surface area contributed by atoms with Gasteiger partial charge in [0, 0.05) is 61.9 Å². The van der Waals surface area contributed by atoms with Crippen molar-refractivity contribution in [2.75, 3.05) is 33.0 Å². The number of fused-ring (bicyclic) bond motifs is 3. The first-order chi connectivity index (χ1) is 11.1. The van der Waals surface area contributed by atoms with Gasteiger partial charge in [-0.3, -0.25) is 10.00 Å². The van der Waals surface area contributed by atoms with Crippen LogP contribution in [0.5, 0.6) is 0 Å². The van der Waals surface area contributed by atoms with Gasteiger partial charge in [-0.05, 0) is 20.3 Å². The summed E-state index contributed by atoms with van der Waals surface area (Å²) in [5.41, 5.74) is 2.89. The predicted molar refractivity (Wildman–Crippen MR) is 85.1 cm³/mol. The van der Waals surface area contributed by atoms with Gasteiger partial charge in [0.25, 0.3) is 0 Å². The molecule has 3 saturated heterocycles. The smallest absolute Gasteiger partial charge is 0.0796 e. The zero-order chi connectivity index (χ0) is 16.0. The third-order valence-corrected chi connectivity index (χ3v) is 6.20. The molecule has 0 aliphatic carbocycles. The number of likely N-dealkylation sites (tertiary alicyclic amines) is 1. The quantitative estimate of drug-likeness (QED) is 0.851. The molecule has 0 unspecified atom stereocenters. The molecule has 2 N–H and O–H groups in total. The molecule has 3 aliphatic heterocycles. The number of ether oxygens (including phenoxy) is 2. The molecule has 0 saturated carbocycles. The van der Waals surface area contributed by atoms with E-state index in [0.29, 0.717) is 25.9 Å². The average molecular weight is 321 g/mol. The molecule has 3 fully saturated rings. The largest absolute Gasteiger partial charge is 0.389 e. The Morgan fingerprint density at radius 3 is 2.91 bits per heavy atom. The summed E-state index contributed by atoms with van der Waals surface area (Å²) in [7, 11) is 0.